The predicted octanol–water partition coefficient (Wildman–Crippen LogP) is 3.27. The van der Waals surface area contributed by atoms with Gasteiger partial charge in [0.2, 0.25) is 0 Å². The number of aliphatic hydroxyl groups is 1. The largest absolute Gasteiger partial charge is 0.396 e. The number of nitrogens with one attached hydrogen (secondary N) is 1. The standard InChI is InChI=1S/C15H29NO/c1-2-3-4-5-9-12-16-13-15(14-17)10-7-6-8-11-15/h2,16-17H,1,3-14H2. The predicted molar refractivity (Wildman–Crippen MR) is 74.1 cm³/mol. The second-order valence-electron chi connectivity index (χ2n) is 5.53. The van der Waals surface area contributed by atoms with Gasteiger partial charge in [-0.05, 0) is 38.6 Å². The Morgan fingerprint density at radius 3 is 2.53 bits per heavy atom. The molecule has 0 saturated heterocycles. The fourth-order valence-corrected chi connectivity index (χ4v) is 2.76. The Balaban J connectivity index is 2.05. The van der Waals surface area contributed by atoms with Gasteiger partial charge in [0.15, 0.2) is 0 Å². The Morgan fingerprint density at radius 2 is 1.88 bits per heavy atom. The summed E-state index contributed by atoms with van der Waals surface area (Å²) in [7, 11) is 0. The highest BCUT2D eigenvalue weighted by Gasteiger charge is 2.30. The summed E-state index contributed by atoms with van der Waals surface area (Å²) in [5, 5.41) is 13.1. The van der Waals surface area contributed by atoms with Crippen LogP contribution in [0, 0.1) is 5.41 Å². The molecule has 1 saturated carbocycles. The van der Waals surface area contributed by atoms with Crippen LogP contribution in [-0.4, -0.2) is 24.8 Å². The molecule has 0 unspecified atom stereocenters. The lowest BCUT2D eigenvalue weighted by atomic mass is 9.74. The highest BCUT2D eigenvalue weighted by atomic mass is 16.3. The van der Waals surface area contributed by atoms with E-state index in [4.69, 9.17) is 0 Å². The minimum atomic E-state index is 0.194. The van der Waals surface area contributed by atoms with Crippen molar-refractivity contribution in [3.05, 3.63) is 12.7 Å². The van der Waals surface area contributed by atoms with Crippen LogP contribution in [0.25, 0.3) is 0 Å². The van der Waals surface area contributed by atoms with Crippen molar-refractivity contribution in [3.63, 3.8) is 0 Å². The summed E-state index contributed by atoms with van der Waals surface area (Å²) in [5.41, 5.74) is 0.194. The zero-order chi connectivity index (χ0) is 12.4. The maximum absolute atomic E-state index is 9.56. The molecule has 1 rings (SSSR count). The van der Waals surface area contributed by atoms with E-state index in [1.54, 1.807) is 0 Å². The van der Waals surface area contributed by atoms with Gasteiger partial charge >= 0.3 is 0 Å². The molecule has 0 aromatic heterocycles. The molecule has 1 aliphatic rings. The number of hydrogen-bond acceptors (Lipinski definition) is 2. The molecule has 1 fully saturated rings. The average Bonchev–Trinajstić information content (AvgIpc) is 2.39. The SMILES string of the molecule is C=CCCCCCNCC1(CO)CCCCC1. The van der Waals surface area contributed by atoms with E-state index in [1.807, 2.05) is 6.08 Å². The summed E-state index contributed by atoms with van der Waals surface area (Å²) in [6, 6.07) is 0. The van der Waals surface area contributed by atoms with Crippen molar-refractivity contribution in [2.75, 3.05) is 19.7 Å². The summed E-state index contributed by atoms with van der Waals surface area (Å²) in [5.74, 6) is 0. The molecule has 2 nitrogen and oxygen atoms in total. The Morgan fingerprint density at radius 1 is 1.12 bits per heavy atom. The van der Waals surface area contributed by atoms with Gasteiger partial charge < -0.3 is 10.4 Å². The molecule has 0 bridgehead atoms. The zero-order valence-corrected chi connectivity index (χ0v) is 11.2. The normalized spacial score (nSPS) is 19.1. The lowest BCUT2D eigenvalue weighted by molar-refractivity contribution is 0.0814. The van der Waals surface area contributed by atoms with Crippen molar-refractivity contribution >= 4 is 0 Å². The average molecular weight is 239 g/mol. The molecule has 100 valence electrons. The fourth-order valence-electron chi connectivity index (χ4n) is 2.76. The molecule has 0 aromatic carbocycles. The molecule has 2 N–H and O–H groups in total. The third-order valence-electron chi connectivity index (χ3n) is 4.01. The Kier molecular flexibility index (Phi) is 7.54. The van der Waals surface area contributed by atoms with E-state index in [-0.39, 0.29) is 5.41 Å². The second-order valence-corrected chi connectivity index (χ2v) is 5.53. The molecule has 2 heteroatoms. The maximum atomic E-state index is 9.56. The van der Waals surface area contributed by atoms with Crippen LogP contribution in [-0.2, 0) is 0 Å². The van der Waals surface area contributed by atoms with Crippen LogP contribution in [0.5, 0.6) is 0 Å². The van der Waals surface area contributed by atoms with E-state index in [1.165, 1.54) is 51.4 Å². The molecule has 0 spiro atoms. The topological polar surface area (TPSA) is 32.3 Å². The van der Waals surface area contributed by atoms with Crippen molar-refractivity contribution in [1.82, 2.24) is 5.32 Å². The van der Waals surface area contributed by atoms with E-state index < -0.39 is 0 Å². The zero-order valence-electron chi connectivity index (χ0n) is 11.2. The van der Waals surface area contributed by atoms with Crippen LogP contribution < -0.4 is 5.32 Å². The molecule has 0 heterocycles. The first-order chi connectivity index (χ1) is 8.33. The van der Waals surface area contributed by atoms with Crippen LogP contribution in [0.15, 0.2) is 12.7 Å². The van der Waals surface area contributed by atoms with E-state index in [2.05, 4.69) is 11.9 Å². The summed E-state index contributed by atoms with van der Waals surface area (Å²) in [6.07, 6.45) is 13.3. The molecule has 0 amide bonds. The highest BCUT2D eigenvalue weighted by Crippen LogP contribution is 2.35. The second kappa shape index (κ2) is 8.71. The minimum Gasteiger partial charge on any atom is -0.396 e. The Labute approximate surface area is 106 Å². The van der Waals surface area contributed by atoms with Gasteiger partial charge in [0.1, 0.15) is 0 Å². The number of allylic oxidation sites excluding steroid dienone is 1. The first-order valence-electron chi connectivity index (χ1n) is 7.25. The molecular formula is C15H29NO. The first kappa shape index (κ1) is 14.7. The highest BCUT2D eigenvalue weighted by molar-refractivity contribution is 4.84. The summed E-state index contributed by atoms with van der Waals surface area (Å²) in [6.45, 7) is 6.19. The molecule has 0 radical (unpaired) electrons. The summed E-state index contributed by atoms with van der Waals surface area (Å²) >= 11 is 0. The van der Waals surface area contributed by atoms with Gasteiger partial charge in [0.25, 0.3) is 0 Å². The van der Waals surface area contributed by atoms with Crippen molar-refractivity contribution < 1.29 is 5.11 Å². The monoisotopic (exact) mass is 239 g/mol. The van der Waals surface area contributed by atoms with Crippen molar-refractivity contribution in [1.29, 1.82) is 0 Å². The number of hydrogen-bond donors (Lipinski definition) is 2. The van der Waals surface area contributed by atoms with E-state index >= 15 is 0 Å². The van der Waals surface area contributed by atoms with Crippen LogP contribution in [0.3, 0.4) is 0 Å². The van der Waals surface area contributed by atoms with Crippen LogP contribution in [0.2, 0.25) is 0 Å². The van der Waals surface area contributed by atoms with Gasteiger partial charge in [-0.3, -0.25) is 0 Å². The van der Waals surface area contributed by atoms with E-state index in [9.17, 15) is 5.11 Å². The Bertz CT molecular complexity index is 197. The van der Waals surface area contributed by atoms with Crippen molar-refractivity contribution in [2.24, 2.45) is 5.41 Å². The van der Waals surface area contributed by atoms with Gasteiger partial charge in [-0.1, -0.05) is 31.8 Å². The molecule has 0 aliphatic heterocycles. The molecule has 1 aliphatic carbocycles. The van der Waals surface area contributed by atoms with E-state index in [0.29, 0.717) is 6.61 Å². The van der Waals surface area contributed by atoms with Crippen LogP contribution in [0.1, 0.15) is 57.8 Å². The van der Waals surface area contributed by atoms with Crippen molar-refractivity contribution in [2.45, 2.75) is 57.8 Å². The third kappa shape index (κ3) is 5.69. The third-order valence-corrected chi connectivity index (χ3v) is 4.01. The van der Waals surface area contributed by atoms with Crippen molar-refractivity contribution in [3.8, 4) is 0 Å². The number of unbranched alkanes of at least 4 members (excludes halogenated alkanes) is 3. The van der Waals surface area contributed by atoms with Gasteiger partial charge in [-0.25, -0.2) is 0 Å². The maximum Gasteiger partial charge on any atom is 0.0499 e. The number of aliphatic hydroxyl groups excluding tert-OH is 1. The molecule has 0 atom stereocenters. The Hall–Kier alpha value is -0.340. The molecule has 0 aromatic rings. The lowest BCUT2D eigenvalue weighted by Crippen LogP contribution is -2.39. The minimum absolute atomic E-state index is 0.194. The van der Waals surface area contributed by atoms with Gasteiger partial charge in [0.05, 0.1) is 0 Å². The van der Waals surface area contributed by atoms with Gasteiger partial charge in [0, 0.05) is 18.6 Å². The molecular weight excluding hydrogens is 210 g/mol. The molecule has 17 heavy (non-hydrogen) atoms. The van der Waals surface area contributed by atoms with Crippen LogP contribution in [0.4, 0.5) is 0 Å². The smallest absolute Gasteiger partial charge is 0.0499 e. The first-order valence-corrected chi connectivity index (χ1v) is 7.25. The number of rotatable bonds is 9. The van der Waals surface area contributed by atoms with Crippen LogP contribution >= 0.6 is 0 Å². The van der Waals surface area contributed by atoms with Gasteiger partial charge in [-0.15, -0.1) is 6.58 Å². The fraction of sp³-hybridized carbons (Fsp3) is 0.867. The van der Waals surface area contributed by atoms with E-state index in [0.717, 1.165) is 19.5 Å². The summed E-state index contributed by atoms with van der Waals surface area (Å²) < 4.78 is 0. The quantitative estimate of drug-likeness (QED) is 0.478. The lowest BCUT2D eigenvalue weighted by Gasteiger charge is -2.35. The summed E-state index contributed by atoms with van der Waals surface area (Å²) in [4.78, 5) is 0. The van der Waals surface area contributed by atoms with Gasteiger partial charge in [-0.2, -0.15) is 0 Å².